The van der Waals surface area contributed by atoms with Gasteiger partial charge in [-0.25, -0.2) is 53.1 Å². The minimum absolute atomic E-state index is 0.0227. The van der Waals surface area contributed by atoms with Gasteiger partial charge in [-0.15, -0.1) is 0 Å². The Morgan fingerprint density at radius 3 is 1.20 bits per heavy atom. The van der Waals surface area contributed by atoms with Gasteiger partial charge in [-0.2, -0.15) is 0 Å². The number of rotatable bonds is 22. The van der Waals surface area contributed by atoms with Crippen LogP contribution in [-0.4, -0.2) is 181 Å². The minimum Gasteiger partial charge on any atom is -0.494 e. The lowest BCUT2D eigenvalue weighted by atomic mass is 9.82. The zero-order valence-electron chi connectivity index (χ0n) is 67.8. The number of hydrogen-bond acceptors (Lipinski definition) is 20. The Morgan fingerprint density at radius 1 is 0.534 bits per heavy atom. The number of fused-ring (bicyclic) bond motifs is 6. The van der Waals surface area contributed by atoms with Crippen LogP contribution in [0.15, 0.2) is 85.2 Å². The number of hydrogen-bond donors (Lipinski definition) is 2. The monoisotopic (exact) mass is 1670 g/mol. The van der Waals surface area contributed by atoms with Crippen molar-refractivity contribution in [2.45, 2.75) is 242 Å². The number of alkyl halides is 6. The van der Waals surface area contributed by atoms with Crippen LogP contribution in [0.5, 0.6) is 23.3 Å². The summed E-state index contributed by atoms with van der Waals surface area (Å²) in [6.45, 7) is 10.8. The largest absolute Gasteiger partial charge is 0.494 e. The molecule has 4 saturated carbocycles. The van der Waals surface area contributed by atoms with Crippen molar-refractivity contribution in [3.8, 4) is 23.3 Å². The molecule has 2 saturated heterocycles. The molecule has 14 atom stereocenters. The van der Waals surface area contributed by atoms with E-state index in [2.05, 4.69) is 19.4 Å². The maximum Gasteiger partial charge on any atom is 0.307 e. The Hall–Kier alpha value is -8.42. The minimum atomic E-state index is -4.39. The number of sulfonamides is 2. The van der Waals surface area contributed by atoms with Gasteiger partial charge in [-0.05, 0) is 152 Å². The van der Waals surface area contributed by atoms with E-state index in [1.165, 1.54) is 36.4 Å². The van der Waals surface area contributed by atoms with E-state index < -0.39 is 209 Å². The van der Waals surface area contributed by atoms with Crippen molar-refractivity contribution in [3.63, 3.8) is 0 Å². The van der Waals surface area contributed by atoms with Crippen molar-refractivity contribution < 1.29 is 110 Å². The van der Waals surface area contributed by atoms with E-state index in [1.54, 1.807) is 24.3 Å². The van der Waals surface area contributed by atoms with E-state index in [4.69, 9.17) is 28.4 Å². The van der Waals surface area contributed by atoms with Gasteiger partial charge in [0.2, 0.25) is 55.4 Å². The van der Waals surface area contributed by atoms with Crippen LogP contribution in [-0.2, 0) is 67.9 Å². The van der Waals surface area contributed by atoms with Gasteiger partial charge >= 0.3 is 11.9 Å². The Balaban J connectivity index is 0.000000228. The highest BCUT2D eigenvalue weighted by Crippen LogP contribution is 2.60. The summed E-state index contributed by atoms with van der Waals surface area (Å²) >= 11 is 0. The molecule has 24 nitrogen and oxygen atoms in total. The molecule has 6 fully saturated rings. The van der Waals surface area contributed by atoms with Crippen LogP contribution in [0.25, 0.3) is 21.5 Å². The summed E-state index contributed by atoms with van der Waals surface area (Å²) in [4.78, 5) is 125. The number of ether oxygens (including phenoxy) is 6. The van der Waals surface area contributed by atoms with Crippen molar-refractivity contribution >= 4 is 88.7 Å². The summed E-state index contributed by atoms with van der Waals surface area (Å²) in [6.07, 6.45) is 11.0. The van der Waals surface area contributed by atoms with Gasteiger partial charge < -0.3 is 38.2 Å². The summed E-state index contributed by atoms with van der Waals surface area (Å²) in [5.74, 6) is -15.2. The first-order chi connectivity index (χ1) is 54.3. The topological polar surface area (TPSA) is 317 Å². The van der Waals surface area contributed by atoms with Crippen LogP contribution in [0.2, 0.25) is 0 Å². The highest BCUT2D eigenvalue weighted by Gasteiger charge is 2.66. The van der Waals surface area contributed by atoms with Gasteiger partial charge in [-0.3, -0.25) is 47.8 Å². The molecule has 2 N–H and O–H groups in total. The van der Waals surface area contributed by atoms with Crippen molar-refractivity contribution in [1.29, 1.82) is 0 Å². The third kappa shape index (κ3) is 18.5. The molecular weight excluding hydrogens is 1560 g/mol. The van der Waals surface area contributed by atoms with Crippen LogP contribution in [0.3, 0.4) is 0 Å². The Bertz CT molecular complexity index is 4430. The van der Waals surface area contributed by atoms with Gasteiger partial charge in [0.15, 0.2) is 22.8 Å². The molecule has 6 heterocycles. The fourth-order valence-corrected chi connectivity index (χ4v) is 19.7. The standard InChI is InChI=1S/2C42H54F3N3O9S/c2*1-25-11-7-8-12-27-20-42(27,38(52)47-58(53,54)41(24-43)15-16-41)21-33(49)32-18-28(56-36-30-14-10-9-13-29(30)34(55-6)22-46-36)23-48(32)37(51)31(26(2)17-25)19-35(50)57-39(3,4)40(5,44)45/h2*8-10,12-14,22,25-28,31-32H,7,11,15-21,23-24H2,1-6H3,(H,47,52)/b2*12-8-/t25-,26+,27+,28+,31-,32-,42+;25-,26-,27-,28-,31+,32+,42-/m01/s1. The maximum absolute atomic E-state index is 14.9. The molecule has 0 unspecified atom stereocenters. The average molecular weight is 1670 g/mol. The number of nitrogens with zero attached hydrogens (tertiary/aromatic N) is 4. The molecule has 0 bridgehead atoms. The predicted octanol–water partition coefficient (Wildman–Crippen LogP) is 13.0. The van der Waals surface area contributed by atoms with Crippen molar-refractivity contribution in [2.24, 2.45) is 58.2 Å². The summed E-state index contributed by atoms with van der Waals surface area (Å²) in [7, 11) is -5.75. The molecule has 8 aliphatic rings. The second-order valence-corrected chi connectivity index (χ2v) is 39.2. The quantitative estimate of drug-likeness (QED) is 0.0419. The number of Topliss-reactive ketones (excluding diaryl/α,β-unsaturated/α-hetero) is 2. The summed E-state index contributed by atoms with van der Waals surface area (Å²) in [5, 5.41) is 2.67. The number of carbonyl (C=O) groups is 8. The third-order valence-corrected chi connectivity index (χ3v) is 29.9. The Morgan fingerprint density at radius 2 is 0.879 bits per heavy atom. The first-order valence-electron chi connectivity index (χ1n) is 40.0. The summed E-state index contributed by atoms with van der Waals surface area (Å²) < 4.78 is 174. The summed E-state index contributed by atoms with van der Waals surface area (Å²) in [5.41, 5.74) is -7.26. The maximum atomic E-state index is 14.9. The smallest absolute Gasteiger partial charge is 0.307 e. The van der Waals surface area contributed by atoms with Crippen LogP contribution < -0.4 is 28.4 Å². The molecule has 12 rings (SSSR count). The molecule has 2 aromatic carbocycles. The first kappa shape index (κ1) is 88.4. The van der Waals surface area contributed by atoms with Crippen molar-refractivity contribution in [2.75, 3.05) is 40.7 Å². The molecular formula is C84H108F6N6O18S2. The zero-order valence-corrected chi connectivity index (χ0v) is 69.4. The number of halogens is 6. The number of ketones is 2. The van der Waals surface area contributed by atoms with E-state index in [9.17, 15) is 81.5 Å². The molecule has 2 aromatic heterocycles. The molecule has 32 heteroatoms. The van der Waals surface area contributed by atoms with Crippen molar-refractivity contribution in [1.82, 2.24) is 29.2 Å². The molecule has 116 heavy (non-hydrogen) atoms. The zero-order chi connectivity index (χ0) is 84.8. The fraction of sp³-hybridized carbons (Fsp3) is 0.643. The number of esters is 2. The van der Waals surface area contributed by atoms with E-state index in [0.29, 0.717) is 85.4 Å². The van der Waals surface area contributed by atoms with E-state index >= 15 is 0 Å². The van der Waals surface area contributed by atoms with Crippen molar-refractivity contribution in [3.05, 3.63) is 85.2 Å². The molecule has 4 aliphatic heterocycles. The molecule has 4 aliphatic carbocycles. The average Bonchev–Trinajstić information content (AvgIpc) is 1.56. The molecule has 0 radical (unpaired) electrons. The van der Waals surface area contributed by atoms with Gasteiger partial charge in [-0.1, -0.05) is 88.4 Å². The lowest BCUT2D eigenvalue weighted by Crippen LogP contribution is -2.49. The normalized spacial score (nSPS) is 29.6. The third-order valence-electron chi connectivity index (χ3n) is 25.7. The Labute approximate surface area is 673 Å². The predicted molar refractivity (Wildman–Crippen MR) is 416 cm³/mol. The van der Waals surface area contributed by atoms with E-state index in [1.807, 2.05) is 76.3 Å². The lowest BCUT2D eigenvalue weighted by molar-refractivity contribution is -0.197. The Kier molecular flexibility index (Phi) is 25.7. The van der Waals surface area contributed by atoms with Gasteiger partial charge in [0.1, 0.15) is 46.6 Å². The lowest BCUT2D eigenvalue weighted by Gasteiger charge is -2.34. The van der Waals surface area contributed by atoms with Gasteiger partial charge in [0.25, 0.3) is 11.8 Å². The van der Waals surface area contributed by atoms with E-state index in [0.717, 1.165) is 27.7 Å². The number of allylic oxidation sites excluding steroid dienone is 4. The van der Waals surface area contributed by atoms with E-state index in [-0.39, 0.29) is 88.1 Å². The number of amides is 4. The highest BCUT2D eigenvalue weighted by atomic mass is 32.2. The molecule has 4 amide bonds. The number of aromatic nitrogens is 2. The van der Waals surface area contributed by atoms with Crippen LogP contribution >= 0.6 is 0 Å². The number of nitrogens with one attached hydrogen (secondary N) is 2. The number of carbonyl (C=O) groups excluding carboxylic acids is 8. The molecule has 636 valence electrons. The van der Waals surface area contributed by atoms with Gasteiger partial charge in [0, 0.05) is 61.1 Å². The SMILES string of the molecule is COc1cnc(O[C@@H]2C[C@H]3C(=O)C[C@]4(C(=O)NS(=O)(=O)C5(CF)CC5)C[C@H]4/C=C\CC[C@@H](C)C[C@@H](C)[C@H](CC(=O)OC(C)(C)C(C)(F)F)C(=O)N3C2)c2ccccc12.COc1cnc(O[C@@H]2C[C@H]3C(=O)C[C@]4(C(=O)NS(=O)(=O)C5(CF)CC5)C[C@H]4/C=C\CC[C@H](C)C[C@@H](C)[C@H](CC(=O)OC(C)(C)C(C)(F)F)C(=O)N3C2)c2ccccc12. The van der Waals surface area contributed by atoms with Gasteiger partial charge in [0.05, 0.1) is 87.3 Å². The highest BCUT2D eigenvalue weighted by molar-refractivity contribution is 7.92. The van der Waals surface area contributed by atoms with Crippen LogP contribution in [0.4, 0.5) is 26.3 Å². The van der Waals surface area contributed by atoms with Crippen LogP contribution in [0.1, 0.15) is 185 Å². The second kappa shape index (κ2) is 33.8. The first-order valence-corrected chi connectivity index (χ1v) is 42.9. The molecule has 4 aromatic rings. The number of benzene rings is 2. The second-order valence-electron chi connectivity index (χ2n) is 35.1. The fourth-order valence-electron chi connectivity index (χ4n) is 16.8. The van der Waals surface area contributed by atoms with Crippen LogP contribution in [0, 0.1) is 58.2 Å². The number of pyridine rings is 2. The summed E-state index contributed by atoms with van der Waals surface area (Å²) in [6, 6.07) is 12.2. The molecule has 0 spiro atoms. The number of methoxy groups -OCH3 is 2.